The predicted molar refractivity (Wildman–Crippen MR) is 213 cm³/mol. The molecular formula is C34H29N11O11S3. The molecule has 0 aliphatic rings. The number of nitrogens with zero attached hydrogens (tertiary/aromatic N) is 8. The average Bonchev–Trinajstić information content (AvgIpc) is 3.19. The molecule has 0 saturated carbocycles. The molecule has 2 atom stereocenters. The lowest BCUT2D eigenvalue weighted by atomic mass is 10.1. The minimum Gasteiger partial charge on any atom is -0.494 e. The van der Waals surface area contributed by atoms with Crippen molar-refractivity contribution in [1.82, 2.24) is 0 Å². The van der Waals surface area contributed by atoms with Crippen molar-refractivity contribution >= 4 is 107 Å². The van der Waals surface area contributed by atoms with Gasteiger partial charge in [-0.3, -0.25) is 9.35 Å². The van der Waals surface area contributed by atoms with Crippen molar-refractivity contribution in [2.45, 2.75) is 21.6 Å². The van der Waals surface area contributed by atoms with E-state index in [0.29, 0.717) is 5.69 Å². The summed E-state index contributed by atoms with van der Waals surface area (Å²) in [6.07, 6.45) is 0. The summed E-state index contributed by atoms with van der Waals surface area (Å²) in [7, 11) is -3.74. The van der Waals surface area contributed by atoms with Crippen LogP contribution in [0, 0.1) is 0 Å². The molecule has 0 aromatic heterocycles. The van der Waals surface area contributed by atoms with Crippen LogP contribution in [0.5, 0.6) is 5.75 Å². The maximum absolute atomic E-state index is 12.8. The van der Waals surface area contributed by atoms with Gasteiger partial charge >= 0.3 is 5.97 Å². The fourth-order valence-corrected chi connectivity index (χ4v) is 6.38. The number of carbonyl (C=O) groups excluding carboxylic acids is 1. The van der Waals surface area contributed by atoms with E-state index in [-0.39, 0.29) is 49.7 Å². The van der Waals surface area contributed by atoms with E-state index in [0.717, 1.165) is 25.1 Å². The van der Waals surface area contributed by atoms with Crippen molar-refractivity contribution in [2.24, 2.45) is 40.9 Å². The molecule has 2 unspecified atom stereocenters. The van der Waals surface area contributed by atoms with Gasteiger partial charge in [0.15, 0.2) is 22.2 Å². The van der Waals surface area contributed by atoms with Gasteiger partial charge in [0.05, 0.1) is 45.3 Å². The second-order valence-electron chi connectivity index (χ2n) is 11.5. The number of carboxylic acid groups (broad SMARTS) is 1. The van der Waals surface area contributed by atoms with E-state index < -0.39 is 77.4 Å². The normalized spacial score (nSPS) is 13.0. The van der Waals surface area contributed by atoms with Gasteiger partial charge in [-0.1, -0.05) is 18.2 Å². The van der Waals surface area contributed by atoms with Crippen molar-refractivity contribution < 1.29 is 49.9 Å². The maximum atomic E-state index is 12.8. The highest BCUT2D eigenvalue weighted by Gasteiger charge is 2.27. The third kappa shape index (κ3) is 10.5. The Hall–Kier alpha value is -7.03. The van der Waals surface area contributed by atoms with Crippen molar-refractivity contribution in [2.75, 3.05) is 23.9 Å². The Morgan fingerprint density at radius 3 is 1.75 bits per heavy atom. The predicted octanol–water partition coefficient (Wildman–Crippen LogP) is 8.59. The number of aromatic carboxylic acids is 1. The zero-order chi connectivity index (χ0) is 43.0. The zero-order valence-electron chi connectivity index (χ0n) is 30.2. The number of methoxy groups -OCH3 is 1. The number of nitrogen functional groups attached to an aromatic ring is 2. The molecule has 0 fully saturated rings. The first-order valence-corrected chi connectivity index (χ1v) is 19.8. The van der Waals surface area contributed by atoms with Crippen molar-refractivity contribution in [3.05, 3.63) is 90.5 Å². The third-order valence-electron chi connectivity index (χ3n) is 7.58. The number of anilines is 3. The van der Waals surface area contributed by atoms with Crippen LogP contribution in [0.1, 0.15) is 17.3 Å². The lowest BCUT2D eigenvalue weighted by Gasteiger charge is -2.14. The van der Waals surface area contributed by atoms with Crippen LogP contribution in [0.4, 0.5) is 62.6 Å². The Kier molecular flexibility index (Phi) is 13.5. The van der Waals surface area contributed by atoms with Gasteiger partial charge in [-0.05, 0) is 60.7 Å². The molecule has 59 heavy (non-hydrogen) atoms. The van der Waals surface area contributed by atoms with Crippen LogP contribution < -0.4 is 21.5 Å². The van der Waals surface area contributed by atoms with Gasteiger partial charge in [-0.25, -0.2) is 13.2 Å². The van der Waals surface area contributed by atoms with Crippen molar-refractivity contribution in [3.63, 3.8) is 0 Å². The standard InChI is InChI=1S/C34H29N11O11S3/c1-17(46)37-23-15-25(26(56-2)16-24(23)41-40-22-13-12-21(58(51)52)14-27(22)59(53,54)55)42-44-32-28(34(47)48)31(43-39-19-8-10-20(11-9-19)57(49)50)29(35)33(30(32)36)45-38-18-6-4-3-5-7-18/h3-16H,35-36H2,1-2H3,(H,37,46)(H,47,48)(H,49,50)(H,51,52)(H,53,54,55). The molecule has 5 aromatic carbocycles. The molecule has 1 amide bonds. The first-order valence-electron chi connectivity index (χ1n) is 16.1. The summed E-state index contributed by atoms with van der Waals surface area (Å²) in [4.78, 5) is 23.9. The Morgan fingerprint density at radius 1 is 0.678 bits per heavy atom. The van der Waals surface area contributed by atoms with Crippen molar-refractivity contribution in [1.29, 1.82) is 0 Å². The molecule has 0 heterocycles. The third-order valence-corrected chi connectivity index (χ3v) is 9.79. The number of benzene rings is 5. The summed E-state index contributed by atoms with van der Waals surface area (Å²) < 4.78 is 80.9. The van der Waals surface area contributed by atoms with E-state index in [2.05, 4.69) is 46.2 Å². The molecule has 5 rings (SSSR count). The summed E-state index contributed by atoms with van der Waals surface area (Å²) in [5.74, 6) is -2.32. The number of rotatable bonds is 14. The molecule has 0 saturated heterocycles. The monoisotopic (exact) mass is 863 g/mol. The molecule has 22 nitrogen and oxygen atoms in total. The Labute approximate surface area is 338 Å². The van der Waals surface area contributed by atoms with Gasteiger partial charge in [0.2, 0.25) is 5.91 Å². The highest BCUT2D eigenvalue weighted by atomic mass is 32.2. The first-order chi connectivity index (χ1) is 28.0. The Bertz CT molecular complexity index is 2750. The highest BCUT2D eigenvalue weighted by Crippen LogP contribution is 2.50. The minimum absolute atomic E-state index is 0.0706. The van der Waals surface area contributed by atoms with Crippen LogP contribution in [0.15, 0.2) is 141 Å². The highest BCUT2D eigenvalue weighted by molar-refractivity contribution is 7.86. The number of hydrogen-bond acceptors (Lipinski definition) is 17. The number of hydrogen-bond donors (Lipinski definition) is 7. The fraction of sp³-hybridized carbons (Fsp3) is 0.0588. The summed E-state index contributed by atoms with van der Waals surface area (Å²) in [5, 5.41) is 45.4. The van der Waals surface area contributed by atoms with E-state index >= 15 is 0 Å². The second kappa shape index (κ2) is 18.5. The summed E-state index contributed by atoms with van der Waals surface area (Å²) >= 11 is -4.87. The number of nitrogens with two attached hydrogens (primary N) is 2. The first kappa shape index (κ1) is 43.1. The van der Waals surface area contributed by atoms with Crippen molar-refractivity contribution in [3.8, 4) is 5.75 Å². The second-order valence-corrected chi connectivity index (χ2v) is 14.8. The van der Waals surface area contributed by atoms with Gasteiger partial charge in [0.25, 0.3) is 10.1 Å². The van der Waals surface area contributed by atoms with E-state index in [1.807, 2.05) is 0 Å². The zero-order valence-corrected chi connectivity index (χ0v) is 32.6. The van der Waals surface area contributed by atoms with Crippen LogP contribution in [-0.2, 0) is 37.1 Å². The van der Waals surface area contributed by atoms with Gasteiger partial charge in [0, 0.05) is 13.0 Å². The van der Waals surface area contributed by atoms with Gasteiger partial charge in [-0.2, -0.15) is 18.6 Å². The van der Waals surface area contributed by atoms with Crippen LogP contribution in [0.25, 0.3) is 0 Å². The van der Waals surface area contributed by atoms with E-state index in [4.69, 9.17) is 16.2 Å². The molecule has 0 aliphatic carbocycles. The minimum atomic E-state index is -4.96. The van der Waals surface area contributed by atoms with E-state index in [1.165, 1.54) is 43.5 Å². The fourth-order valence-electron chi connectivity index (χ4n) is 4.88. The average molecular weight is 864 g/mol. The molecule has 0 bridgehead atoms. The lowest BCUT2D eigenvalue weighted by Crippen LogP contribution is -2.06. The molecule has 0 spiro atoms. The van der Waals surface area contributed by atoms with Crippen LogP contribution in [-0.4, -0.2) is 54.6 Å². The summed E-state index contributed by atoms with van der Waals surface area (Å²) in [6, 6.07) is 18.9. The Balaban J connectivity index is 1.68. The molecule has 9 N–H and O–H groups in total. The maximum Gasteiger partial charge on any atom is 0.340 e. The number of amides is 1. The van der Waals surface area contributed by atoms with E-state index in [9.17, 15) is 45.2 Å². The van der Waals surface area contributed by atoms with Gasteiger partial charge < -0.3 is 35.7 Å². The van der Waals surface area contributed by atoms with E-state index in [1.54, 1.807) is 30.3 Å². The number of ether oxygens (including phenoxy) is 1. The molecule has 25 heteroatoms. The summed E-state index contributed by atoms with van der Waals surface area (Å²) in [5.41, 5.74) is 9.90. The van der Waals surface area contributed by atoms with Crippen LogP contribution in [0.3, 0.4) is 0 Å². The largest absolute Gasteiger partial charge is 0.494 e. The van der Waals surface area contributed by atoms with Crippen LogP contribution in [0.2, 0.25) is 0 Å². The molecule has 0 radical (unpaired) electrons. The smallest absolute Gasteiger partial charge is 0.340 e. The summed E-state index contributed by atoms with van der Waals surface area (Å²) in [6.45, 7) is 1.16. The van der Waals surface area contributed by atoms with Gasteiger partial charge in [-0.15, -0.1) is 30.7 Å². The molecule has 5 aromatic rings. The number of azo groups is 4. The number of nitrogens with one attached hydrogen (secondary N) is 1. The number of carboxylic acids is 1. The molecule has 0 aliphatic heterocycles. The lowest BCUT2D eigenvalue weighted by molar-refractivity contribution is -0.114. The van der Waals surface area contributed by atoms with Crippen LogP contribution >= 0.6 is 0 Å². The number of carbonyl (C=O) groups is 2. The topological polar surface area (TPSA) is 356 Å². The Morgan fingerprint density at radius 2 is 1.20 bits per heavy atom. The quantitative estimate of drug-likeness (QED) is 0.0238. The van der Waals surface area contributed by atoms with Gasteiger partial charge in [0.1, 0.15) is 50.3 Å². The molecule has 304 valence electrons. The SMILES string of the molecule is COc1cc(N=Nc2ccc(S(=O)O)cc2S(=O)(=O)O)c(NC(C)=O)cc1N=Nc1c(N)c(N=Nc2ccccc2)c(N)c(N=Nc2ccc(S(=O)O)cc2)c1C(=O)O. The molecular weight excluding hydrogens is 835 g/mol.